The van der Waals surface area contributed by atoms with Gasteiger partial charge in [-0.05, 0) is 46.6 Å². The van der Waals surface area contributed by atoms with Gasteiger partial charge in [0.1, 0.15) is 5.00 Å². The van der Waals surface area contributed by atoms with E-state index in [4.69, 9.17) is 4.74 Å². The molecule has 2 heterocycles. The lowest BCUT2D eigenvalue weighted by Crippen LogP contribution is -2.17. The molecule has 3 rings (SSSR count). The molecule has 1 fully saturated rings. The number of aromatic nitrogens is 4. The van der Waals surface area contributed by atoms with Crippen molar-refractivity contribution in [2.24, 2.45) is 5.92 Å². The Morgan fingerprint density at radius 1 is 1.39 bits per heavy atom. The highest BCUT2D eigenvalue weighted by atomic mass is 32.2. The summed E-state index contributed by atoms with van der Waals surface area (Å²) in [5, 5.41) is 17.8. The summed E-state index contributed by atoms with van der Waals surface area (Å²) in [6, 6.07) is 0.322. The van der Waals surface area contributed by atoms with Crippen molar-refractivity contribution >= 4 is 40.0 Å². The third kappa shape index (κ3) is 4.91. The molecule has 2 aromatic rings. The fraction of sp³-hybridized carbons (Fsp3) is 0.611. The summed E-state index contributed by atoms with van der Waals surface area (Å²) in [5.41, 5.74) is 1.36. The van der Waals surface area contributed by atoms with Crippen molar-refractivity contribution in [2.45, 2.75) is 57.1 Å². The largest absolute Gasteiger partial charge is 0.465 e. The first kappa shape index (κ1) is 20.8. The number of nitrogens with zero attached hydrogens (tertiary/aromatic N) is 4. The van der Waals surface area contributed by atoms with E-state index in [0.29, 0.717) is 27.7 Å². The molecule has 0 aliphatic heterocycles. The van der Waals surface area contributed by atoms with Crippen LogP contribution in [0.25, 0.3) is 0 Å². The van der Waals surface area contributed by atoms with E-state index in [0.717, 1.165) is 24.8 Å². The first-order valence-corrected chi connectivity index (χ1v) is 11.2. The van der Waals surface area contributed by atoms with Crippen LogP contribution >= 0.6 is 23.1 Å². The Balaban J connectivity index is 1.64. The number of anilines is 1. The van der Waals surface area contributed by atoms with E-state index in [2.05, 4.69) is 34.7 Å². The van der Waals surface area contributed by atoms with Crippen LogP contribution in [-0.2, 0) is 16.0 Å². The topological polar surface area (TPSA) is 99.0 Å². The Morgan fingerprint density at radius 3 is 2.82 bits per heavy atom. The molecule has 0 bridgehead atoms. The lowest BCUT2D eigenvalue weighted by atomic mass is 10.0. The van der Waals surface area contributed by atoms with Crippen molar-refractivity contribution in [1.82, 2.24) is 20.2 Å². The lowest BCUT2D eigenvalue weighted by molar-refractivity contribution is -0.113. The molecule has 2 aromatic heterocycles. The number of tetrazole rings is 1. The molecule has 1 aliphatic rings. The molecule has 0 spiro atoms. The van der Waals surface area contributed by atoms with Gasteiger partial charge in [0.25, 0.3) is 0 Å². The summed E-state index contributed by atoms with van der Waals surface area (Å²) in [6.07, 6.45) is 5.26. The van der Waals surface area contributed by atoms with Gasteiger partial charge >= 0.3 is 5.97 Å². The van der Waals surface area contributed by atoms with Gasteiger partial charge in [-0.15, -0.1) is 16.4 Å². The number of carbonyl (C=O) groups is 2. The Hall–Kier alpha value is -1.94. The van der Waals surface area contributed by atoms with Crippen LogP contribution in [0, 0.1) is 5.92 Å². The minimum Gasteiger partial charge on any atom is -0.465 e. The van der Waals surface area contributed by atoms with Crippen LogP contribution < -0.4 is 5.32 Å². The fourth-order valence-electron chi connectivity index (χ4n) is 3.35. The SMILES string of the molecule is COC(=O)c1c(CC(C)C)csc1NC(=O)CSc1nnnn1C1CCCC1. The van der Waals surface area contributed by atoms with Gasteiger partial charge in [0.2, 0.25) is 11.1 Å². The molecule has 1 amide bonds. The van der Waals surface area contributed by atoms with Crippen molar-refractivity contribution < 1.29 is 14.3 Å². The van der Waals surface area contributed by atoms with E-state index in [1.807, 2.05) is 10.1 Å². The first-order chi connectivity index (χ1) is 13.5. The molecular formula is C18H25N5O3S2. The average molecular weight is 424 g/mol. The predicted octanol–water partition coefficient (Wildman–Crippen LogP) is 3.57. The third-order valence-corrected chi connectivity index (χ3v) is 6.48. The zero-order chi connectivity index (χ0) is 20.1. The fourth-order valence-corrected chi connectivity index (χ4v) is 5.08. The minimum atomic E-state index is -0.426. The minimum absolute atomic E-state index is 0.172. The number of carbonyl (C=O) groups excluding carboxylic acids is 2. The summed E-state index contributed by atoms with van der Waals surface area (Å²) < 4.78 is 6.74. The number of ether oxygens (including phenoxy) is 1. The van der Waals surface area contributed by atoms with Gasteiger partial charge < -0.3 is 10.1 Å². The van der Waals surface area contributed by atoms with Crippen LogP contribution in [0.3, 0.4) is 0 Å². The molecule has 0 aromatic carbocycles. The van der Waals surface area contributed by atoms with Crippen LogP contribution in [0.2, 0.25) is 0 Å². The van der Waals surface area contributed by atoms with Crippen LogP contribution in [0.1, 0.15) is 61.5 Å². The number of hydrogen-bond acceptors (Lipinski definition) is 8. The van der Waals surface area contributed by atoms with Crippen molar-refractivity contribution in [1.29, 1.82) is 0 Å². The van der Waals surface area contributed by atoms with Gasteiger partial charge in [-0.25, -0.2) is 9.48 Å². The molecule has 152 valence electrons. The number of hydrogen-bond donors (Lipinski definition) is 1. The Morgan fingerprint density at radius 2 is 2.14 bits per heavy atom. The van der Waals surface area contributed by atoms with Crippen molar-refractivity contribution in [2.75, 3.05) is 18.2 Å². The van der Waals surface area contributed by atoms with Crippen LogP contribution in [0.5, 0.6) is 0 Å². The monoisotopic (exact) mass is 423 g/mol. The maximum atomic E-state index is 12.5. The maximum absolute atomic E-state index is 12.5. The molecule has 10 heteroatoms. The molecule has 1 saturated carbocycles. The van der Waals surface area contributed by atoms with Gasteiger partial charge in [-0.3, -0.25) is 4.79 Å². The van der Waals surface area contributed by atoms with Gasteiger partial charge in [0.15, 0.2) is 0 Å². The Kier molecular flexibility index (Phi) is 7.06. The second kappa shape index (κ2) is 9.51. The molecular weight excluding hydrogens is 398 g/mol. The lowest BCUT2D eigenvalue weighted by Gasteiger charge is -2.11. The van der Waals surface area contributed by atoms with E-state index in [1.165, 1.54) is 43.1 Å². The highest BCUT2D eigenvalue weighted by Crippen LogP contribution is 2.33. The van der Waals surface area contributed by atoms with Crippen LogP contribution in [-0.4, -0.2) is 44.9 Å². The van der Waals surface area contributed by atoms with Crippen molar-refractivity contribution in [3.8, 4) is 0 Å². The Bertz CT molecular complexity index is 827. The van der Waals surface area contributed by atoms with Crippen molar-refractivity contribution in [3.63, 3.8) is 0 Å². The van der Waals surface area contributed by atoms with Gasteiger partial charge in [-0.2, -0.15) is 0 Å². The van der Waals surface area contributed by atoms with Crippen LogP contribution in [0.4, 0.5) is 5.00 Å². The molecule has 1 aliphatic carbocycles. The maximum Gasteiger partial charge on any atom is 0.341 e. The molecule has 0 atom stereocenters. The number of esters is 1. The molecule has 1 N–H and O–H groups in total. The number of thioether (sulfide) groups is 1. The smallest absolute Gasteiger partial charge is 0.341 e. The third-order valence-electron chi connectivity index (χ3n) is 4.60. The second-order valence-corrected chi connectivity index (χ2v) is 9.06. The highest BCUT2D eigenvalue weighted by molar-refractivity contribution is 7.99. The number of nitrogens with one attached hydrogen (secondary N) is 1. The predicted molar refractivity (Wildman–Crippen MR) is 109 cm³/mol. The zero-order valence-electron chi connectivity index (χ0n) is 16.3. The second-order valence-electron chi connectivity index (χ2n) is 7.24. The summed E-state index contributed by atoms with van der Waals surface area (Å²) in [4.78, 5) is 24.7. The molecule has 0 saturated heterocycles. The summed E-state index contributed by atoms with van der Waals surface area (Å²) >= 11 is 2.66. The van der Waals surface area contributed by atoms with Gasteiger partial charge in [0, 0.05) is 0 Å². The van der Waals surface area contributed by atoms with E-state index in [9.17, 15) is 9.59 Å². The number of rotatable bonds is 8. The molecule has 8 nitrogen and oxygen atoms in total. The number of methoxy groups -OCH3 is 1. The standard InChI is InChI=1S/C18H25N5O3S2/c1-11(2)8-12-9-27-16(15(12)17(25)26-3)19-14(24)10-28-18-20-21-22-23(18)13-6-4-5-7-13/h9,11,13H,4-8,10H2,1-3H3,(H,19,24). The summed E-state index contributed by atoms with van der Waals surface area (Å²) in [5.74, 6) is -0.0591. The first-order valence-electron chi connectivity index (χ1n) is 9.38. The van der Waals surface area contributed by atoms with E-state index in [-0.39, 0.29) is 11.7 Å². The molecule has 0 unspecified atom stereocenters. The normalized spacial score (nSPS) is 14.6. The molecule has 28 heavy (non-hydrogen) atoms. The average Bonchev–Trinajstić information content (AvgIpc) is 3.39. The number of thiophene rings is 1. The zero-order valence-corrected chi connectivity index (χ0v) is 17.9. The van der Waals surface area contributed by atoms with E-state index >= 15 is 0 Å². The highest BCUT2D eigenvalue weighted by Gasteiger charge is 2.24. The van der Waals surface area contributed by atoms with Crippen LogP contribution in [0.15, 0.2) is 10.5 Å². The number of amides is 1. The van der Waals surface area contributed by atoms with Gasteiger partial charge in [-0.1, -0.05) is 38.5 Å². The Labute approximate surface area is 172 Å². The summed E-state index contributed by atoms with van der Waals surface area (Å²) in [7, 11) is 1.35. The van der Waals surface area contributed by atoms with Gasteiger partial charge in [0.05, 0.1) is 24.5 Å². The quantitative estimate of drug-likeness (QED) is 0.512. The summed E-state index contributed by atoms with van der Waals surface area (Å²) in [6.45, 7) is 4.17. The van der Waals surface area contributed by atoms with E-state index < -0.39 is 5.97 Å². The van der Waals surface area contributed by atoms with Crippen molar-refractivity contribution in [3.05, 3.63) is 16.5 Å². The van der Waals surface area contributed by atoms with E-state index in [1.54, 1.807) is 0 Å². The molecule has 0 radical (unpaired) electrons.